The van der Waals surface area contributed by atoms with Crippen molar-refractivity contribution in [2.24, 2.45) is 0 Å². The van der Waals surface area contributed by atoms with E-state index in [1.165, 1.54) is 0 Å². The number of fused-ring (bicyclic) bond motifs is 1. The number of aryl methyl sites for hydroxylation is 2. The molecule has 4 aromatic rings. The number of ether oxygens (including phenoxy) is 1. The number of aromatic nitrogens is 2. The highest BCUT2D eigenvalue weighted by molar-refractivity contribution is 6.30. The normalized spacial score (nSPS) is 11.0. The molecule has 4 rings (SSSR count). The summed E-state index contributed by atoms with van der Waals surface area (Å²) in [6, 6.07) is 14.9. The second-order valence-corrected chi connectivity index (χ2v) is 7.08. The van der Waals surface area contributed by atoms with E-state index >= 15 is 0 Å². The molecule has 0 bridgehead atoms. The van der Waals surface area contributed by atoms with Crippen molar-refractivity contribution in [3.8, 4) is 11.3 Å². The first kappa shape index (κ1) is 19.1. The highest BCUT2D eigenvalue weighted by Gasteiger charge is 2.13. The molecule has 2 aromatic carbocycles. The Morgan fingerprint density at radius 2 is 2.00 bits per heavy atom. The van der Waals surface area contributed by atoms with Gasteiger partial charge in [-0.1, -0.05) is 17.7 Å². The maximum absolute atomic E-state index is 12.2. The summed E-state index contributed by atoms with van der Waals surface area (Å²) in [6.45, 7) is 4.87. The number of imidazole rings is 1. The average molecular weight is 410 g/mol. The van der Waals surface area contributed by atoms with E-state index in [9.17, 15) is 4.79 Å². The SMILES string of the molecule is CCn1cnc2cc(COC(=O)Nc3cc(-c4ccc(Cl)cc4)oc3C)ccc21. The van der Waals surface area contributed by atoms with Crippen LogP contribution in [0.3, 0.4) is 0 Å². The molecule has 2 heterocycles. The summed E-state index contributed by atoms with van der Waals surface area (Å²) in [5.74, 6) is 1.24. The minimum atomic E-state index is -0.546. The number of rotatable bonds is 5. The number of carbonyl (C=O) groups excluding carboxylic acids is 1. The second-order valence-electron chi connectivity index (χ2n) is 6.64. The highest BCUT2D eigenvalue weighted by atomic mass is 35.5. The molecule has 0 atom stereocenters. The number of nitrogens with one attached hydrogen (secondary N) is 1. The fourth-order valence-corrected chi connectivity index (χ4v) is 3.23. The number of carbonyl (C=O) groups is 1. The first-order chi connectivity index (χ1) is 14.0. The number of halogens is 1. The number of hydrogen-bond acceptors (Lipinski definition) is 4. The van der Waals surface area contributed by atoms with Crippen molar-refractivity contribution in [2.75, 3.05) is 5.32 Å². The Bertz CT molecular complexity index is 1160. The summed E-state index contributed by atoms with van der Waals surface area (Å²) in [6.07, 6.45) is 1.26. The van der Waals surface area contributed by atoms with Crippen LogP contribution in [-0.4, -0.2) is 15.6 Å². The van der Waals surface area contributed by atoms with Crippen LogP contribution in [0.5, 0.6) is 0 Å². The average Bonchev–Trinajstić information content (AvgIpc) is 3.30. The molecule has 0 aliphatic rings. The van der Waals surface area contributed by atoms with Gasteiger partial charge in [0.25, 0.3) is 0 Å². The predicted octanol–water partition coefficient (Wildman–Crippen LogP) is 6.03. The van der Waals surface area contributed by atoms with Gasteiger partial charge in [-0.05, 0) is 55.8 Å². The van der Waals surface area contributed by atoms with E-state index in [1.54, 1.807) is 25.1 Å². The first-order valence-electron chi connectivity index (χ1n) is 9.27. The van der Waals surface area contributed by atoms with Gasteiger partial charge in [-0.25, -0.2) is 9.78 Å². The summed E-state index contributed by atoms with van der Waals surface area (Å²) in [4.78, 5) is 16.6. The molecule has 0 aliphatic carbocycles. The molecule has 0 spiro atoms. The lowest BCUT2D eigenvalue weighted by molar-refractivity contribution is 0.155. The van der Waals surface area contributed by atoms with Gasteiger partial charge < -0.3 is 13.7 Å². The van der Waals surface area contributed by atoms with E-state index < -0.39 is 6.09 Å². The van der Waals surface area contributed by atoms with Crippen molar-refractivity contribution >= 4 is 34.4 Å². The van der Waals surface area contributed by atoms with Crippen molar-refractivity contribution in [2.45, 2.75) is 27.0 Å². The molecule has 0 aliphatic heterocycles. The molecule has 0 radical (unpaired) electrons. The second kappa shape index (κ2) is 8.01. The van der Waals surface area contributed by atoms with Gasteiger partial charge in [0.15, 0.2) is 0 Å². The van der Waals surface area contributed by atoms with Crippen molar-refractivity contribution in [1.29, 1.82) is 0 Å². The van der Waals surface area contributed by atoms with Crippen molar-refractivity contribution in [1.82, 2.24) is 9.55 Å². The van der Waals surface area contributed by atoms with Crippen LogP contribution in [-0.2, 0) is 17.9 Å². The van der Waals surface area contributed by atoms with Gasteiger partial charge in [-0.2, -0.15) is 0 Å². The summed E-state index contributed by atoms with van der Waals surface area (Å²) >= 11 is 5.92. The van der Waals surface area contributed by atoms with Gasteiger partial charge >= 0.3 is 6.09 Å². The summed E-state index contributed by atoms with van der Waals surface area (Å²) in [5, 5.41) is 3.38. The maximum Gasteiger partial charge on any atom is 0.412 e. The van der Waals surface area contributed by atoms with Gasteiger partial charge in [-0.15, -0.1) is 0 Å². The van der Waals surface area contributed by atoms with Gasteiger partial charge in [0.2, 0.25) is 0 Å². The molecule has 148 valence electrons. The van der Waals surface area contributed by atoms with E-state index in [4.69, 9.17) is 20.8 Å². The molecule has 0 saturated carbocycles. The molecule has 6 nitrogen and oxygen atoms in total. The fraction of sp³-hybridized carbons (Fsp3) is 0.182. The number of anilines is 1. The Morgan fingerprint density at radius 3 is 2.76 bits per heavy atom. The lowest BCUT2D eigenvalue weighted by Crippen LogP contribution is -2.13. The molecule has 1 amide bonds. The van der Waals surface area contributed by atoms with Crippen LogP contribution in [0.25, 0.3) is 22.4 Å². The van der Waals surface area contributed by atoms with E-state index in [0.29, 0.717) is 22.2 Å². The molecule has 2 aromatic heterocycles. The monoisotopic (exact) mass is 409 g/mol. The topological polar surface area (TPSA) is 69.3 Å². The van der Waals surface area contributed by atoms with Gasteiger partial charge in [0.05, 0.1) is 23.0 Å². The third-order valence-electron chi connectivity index (χ3n) is 4.68. The van der Waals surface area contributed by atoms with Gasteiger partial charge in [0, 0.05) is 23.2 Å². The van der Waals surface area contributed by atoms with E-state index in [0.717, 1.165) is 28.7 Å². The van der Waals surface area contributed by atoms with Crippen molar-refractivity contribution in [3.05, 3.63) is 71.2 Å². The standard InChI is InChI=1S/C22H20ClN3O3/c1-3-26-13-24-19-10-15(4-9-20(19)26)12-28-22(27)25-18-11-21(29-14(18)2)16-5-7-17(23)8-6-16/h4-11,13H,3,12H2,1-2H3,(H,25,27). The number of nitrogens with zero attached hydrogens (tertiary/aromatic N) is 2. The number of hydrogen-bond donors (Lipinski definition) is 1. The lowest BCUT2D eigenvalue weighted by Gasteiger charge is -2.06. The Morgan fingerprint density at radius 1 is 1.21 bits per heavy atom. The lowest BCUT2D eigenvalue weighted by atomic mass is 10.2. The van der Waals surface area contributed by atoms with Gasteiger partial charge in [0.1, 0.15) is 18.1 Å². The van der Waals surface area contributed by atoms with Crippen LogP contribution in [0.1, 0.15) is 18.2 Å². The molecule has 0 saturated heterocycles. The van der Waals surface area contributed by atoms with Crippen molar-refractivity contribution < 1.29 is 13.9 Å². The summed E-state index contributed by atoms with van der Waals surface area (Å²) in [5.41, 5.74) is 4.26. The zero-order valence-corrected chi connectivity index (χ0v) is 16.9. The summed E-state index contributed by atoms with van der Waals surface area (Å²) < 4.78 is 13.2. The molecular weight excluding hydrogens is 390 g/mol. The highest BCUT2D eigenvalue weighted by Crippen LogP contribution is 2.29. The Labute approximate surface area is 173 Å². The third-order valence-corrected chi connectivity index (χ3v) is 4.93. The molecule has 1 N–H and O–H groups in total. The quantitative estimate of drug-likeness (QED) is 0.437. The minimum Gasteiger partial charge on any atom is -0.459 e. The zero-order valence-electron chi connectivity index (χ0n) is 16.1. The Kier molecular flexibility index (Phi) is 5.27. The minimum absolute atomic E-state index is 0.154. The van der Waals surface area contributed by atoms with E-state index in [1.807, 2.05) is 36.7 Å². The van der Waals surface area contributed by atoms with E-state index in [2.05, 4.69) is 21.8 Å². The first-order valence-corrected chi connectivity index (χ1v) is 9.65. The molecule has 0 fully saturated rings. The van der Waals surface area contributed by atoms with Gasteiger partial charge in [-0.3, -0.25) is 5.32 Å². The van der Waals surface area contributed by atoms with Crippen LogP contribution < -0.4 is 5.32 Å². The predicted molar refractivity (Wildman–Crippen MR) is 113 cm³/mol. The summed E-state index contributed by atoms with van der Waals surface area (Å²) in [7, 11) is 0. The number of amides is 1. The van der Waals surface area contributed by atoms with Crippen LogP contribution in [0, 0.1) is 6.92 Å². The number of furan rings is 1. The van der Waals surface area contributed by atoms with Crippen LogP contribution in [0.15, 0.2) is 59.3 Å². The zero-order chi connectivity index (χ0) is 20.4. The smallest absolute Gasteiger partial charge is 0.412 e. The number of benzene rings is 2. The largest absolute Gasteiger partial charge is 0.459 e. The Balaban J connectivity index is 1.40. The van der Waals surface area contributed by atoms with Crippen LogP contribution in [0.2, 0.25) is 5.02 Å². The fourth-order valence-electron chi connectivity index (χ4n) is 3.11. The third kappa shape index (κ3) is 4.12. The molecule has 0 unspecified atom stereocenters. The van der Waals surface area contributed by atoms with Crippen molar-refractivity contribution in [3.63, 3.8) is 0 Å². The molecule has 7 heteroatoms. The molecular formula is C22H20ClN3O3. The Hall–Kier alpha value is -3.25. The maximum atomic E-state index is 12.2. The molecule has 29 heavy (non-hydrogen) atoms. The van der Waals surface area contributed by atoms with Crippen LogP contribution >= 0.6 is 11.6 Å². The van der Waals surface area contributed by atoms with Crippen LogP contribution in [0.4, 0.5) is 10.5 Å². The van der Waals surface area contributed by atoms with E-state index in [-0.39, 0.29) is 6.61 Å².